The third-order valence-corrected chi connectivity index (χ3v) is 4.66. The third-order valence-electron chi connectivity index (χ3n) is 3.32. The van der Waals surface area contributed by atoms with Gasteiger partial charge in [0.25, 0.3) is 10.0 Å². The number of nitrogens with one attached hydrogen (secondary N) is 2. The highest BCUT2D eigenvalue weighted by Gasteiger charge is 2.18. The van der Waals surface area contributed by atoms with Crippen LogP contribution in [0.25, 0.3) is 10.8 Å². The second-order valence-corrected chi connectivity index (χ2v) is 6.44. The lowest BCUT2D eigenvalue weighted by Crippen LogP contribution is -2.14. The maximum atomic E-state index is 12.3. The van der Waals surface area contributed by atoms with Crippen molar-refractivity contribution in [2.24, 2.45) is 0 Å². The van der Waals surface area contributed by atoms with Gasteiger partial charge >= 0.3 is 6.01 Å². The van der Waals surface area contributed by atoms with Crippen LogP contribution in [0.4, 0.5) is 5.95 Å². The second-order valence-electron chi connectivity index (χ2n) is 4.76. The van der Waals surface area contributed by atoms with Gasteiger partial charge in [-0.05, 0) is 41.5 Å². The van der Waals surface area contributed by atoms with E-state index in [0.29, 0.717) is 10.9 Å². The number of aromatic amines is 1. The Hall–Kier alpha value is -2.85. The van der Waals surface area contributed by atoms with Crippen molar-refractivity contribution in [3.8, 4) is 11.8 Å². The fraction of sp³-hybridized carbons (Fsp3) is 0.0769. The first-order valence-electron chi connectivity index (χ1n) is 6.40. The van der Waals surface area contributed by atoms with E-state index < -0.39 is 16.0 Å². The van der Waals surface area contributed by atoms with E-state index in [1.54, 1.807) is 19.1 Å². The molecular weight excluding hydrogens is 324 g/mol. The molecule has 9 nitrogen and oxygen atoms in total. The van der Waals surface area contributed by atoms with Crippen LogP contribution >= 0.6 is 0 Å². The minimum atomic E-state index is -3.91. The molecule has 0 amide bonds. The van der Waals surface area contributed by atoms with Gasteiger partial charge in [-0.25, -0.2) is 18.2 Å². The van der Waals surface area contributed by atoms with Gasteiger partial charge in [-0.3, -0.25) is 4.89 Å². The molecule has 0 aliphatic carbocycles. The van der Waals surface area contributed by atoms with Crippen LogP contribution < -0.4 is 9.61 Å². The molecule has 0 spiro atoms. The van der Waals surface area contributed by atoms with Crippen molar-refractivity contribution in [1.29, 1.82) is 0 Å². The number of phenols is 1. The molecule has 23 heavy (non-hydrogen) atoms. The number of nitrogens with zero attached hydrogens (tertiary/aromatic N) is 2. The fourth-order valence-corrected chi connectivity index (χ4v) is 3.13. The maximum absolute atomic E-state index is 12.3. The molecule has 0 fully saturated rings. The van der Waals surface area contributed by atoms with E-state index in [2.05, 4.69) is 24.8 Å². The summed E-state index contributed by atoms with van der Waals surface area (Å²) in [5.41, 5.74) is 0.666. The van der Waals surface area contributed by atoms with E-state index in [1.165, 1.54) is 18.2 Å². The molecule has 0 saturated heterocycles. The summed E-state index contributed by atoms with van der Waals surface area (Å²) in [6.45, 7) is 1.75. The minimum absolute atomic E-state index is 0.0120. The number of sulfonamides is 1. The number of anilines is 1. The average Bonchev–Trinajstić information content (AvgIpc) is 2.97. The number of hydrogen-bond acceptors (Lipinski definition) is 7. The lowest BCUT2D eigenvalue weighted by Gasteiger charge is -2.08. The second kappa shape index (κ2) is 5.41. The zero-order valence-corrected chi connectivity index (χ0v) is 12.6. The van der Waals surface area contributed by atoms with Gasteiger partial charge in [0.2, 0.25) is 5.95 Å². The Morgan fingerprint density at radius 3 is 2.74 bits per heavy atom. The SMILES string of the molecule is Cc1c(O)ccc2cc(S(=O)(=O)Nc3nc(OO)n[nH]3)ccc12. The highest BCUT2D eigenvalue weighted by atomic mass is 32.2. The molecule has 0 aliphatic heterocycles. The number of aryl methyl sites for hydroxylation is 1. The van der Waals surface area contributed by atoms with Gasteiger partial charge in [0.1, 0.15) is 5.75 Å². The molecule has 0 atom stereocenters. The molecule has 10 heteroatoms. The van der Waals surface area contributed by atoms with Crippen molar-refractivity contribution < 1.29 is 23.7 Å². The first kappa shape index (κ1) is 15.1. The molecule has 0 unspecified atom stereocenters. The van der Waals surface area contributed by atoms with Crippen molar-refractivity contribution in [1.82, 2.24) is 15.2 Å². The number of benzene rings is 2. The van der Waals surface area contributed by atoms with E-state index in [1.807, 2.05) is 0 Å². The summed E-state index contributed by atoms with van der Waals surface area (Å²) in [6, 6.07) is 7.22. The average molecular weight is 336 g/mol. The van der Waals surface area contributed by atoms with Gasteiger partial charge in [-0.15, -0.1) is 5.10 Å². The Morgan fingerprint density at radius 1 is 1.26 bits per heavy atom. The molecule has 2 aromatic carbocycles. The van der Waals surface area contributed by atoms with Crippen LogP contribution in [0.2, 0.25) is 0 Å². The van der Waals surface area contributed by atoms with E-state index in [9.17, 15) is 13.5 Å². The molecule has 120 valence electrons. The van der Waals surface area contributed by atoms with Crippen molar-refractivity contribution in [3.63, 3.8) is 0 Å². The topological polar surface area (TPSA) is 137 Å². The molecular formula is C13H12N4O5S. The molecule has 0 bridgehead atoms. The van der Waals surface area contributed by atoms with Crippen LogP contribution in [0, 0.1) is 6.92 Å². The summed E-state index contributed by atoms with van der Waals surface area (Å²) in [5.74, 6) is -0.0551. The quantitative estimate of drug-likeness (QED) is 0.419. The molecule has 0 aliphatic rings. The van der Waals surface area contributed by atoms with Crippen molar-refractivity contribution in [2.75, 3.05) is 4.72 Å². The molecule has 4 N–H and O–H groups in total. The predicted octanol–water partition coefficient (Wildman–Crippen LogP) is 1.62. The summed E-state index contributed by atoms with van der Waals surface area (Å²) in [4.78, 5) is 7.36. The van der Waals surface area contributed by atoms with E-state index in [0.717, 1.165) is 5.39 Å². The summed E-state index contributed by atoms with van der Waals surface area (Å²) in [6.07, 6.45) is 0. The number of aromatic nitrogens is 3. The fourth-order valence-electron chi connectivity index (χ4n) is 2.14. The van der Waals surface area contributed by atoms with Crippen LogP contribution in [0.5, 0.6) is 11.8 Å². The van der Waals surface area contributed by atoms with Crippen LogP contribution in [-0.4, -0.2) is 34.0 Å². The smallest absolute Gasteiger partial charge is 0.373 e. The summed E-state index contributed by atoms with van der Waals surface area (Å²) < 4.78 is 26.9. The number of hydrogen-bond donors (Lipinski definition) is 4. The maximum Gasteiger partial charge on any atom is 0.373 e. The number of rotatable bonds is 4. The van der Waals surface area contributed by atoms with Crippen molar-refractivity contribution in [2.45, 2.75) is 11.8 Å². The molecule has 1 heterocycles. The Kier molecular flexibility index (Phi) is 3.54. The highest BCUT2D eigenvalue weighted by molar-refractivity contribution is 7.92. The van der Waals surface area contributed by atoms with Gasteiger partial charge in [0, 0.05) is 0 Å². The van der Waals surface area contributed by atoms with Crippen LogP contribution in [0.15, 0.2) is 35.2 Å². The monoisotopic (exact) mass is 336 g/mol. The van der Waals surface area contributed by atoms with Crippen molar-refractivity contribution in [3.05, 3.63) is 35.9 Å². The number of fused-ring (bicyclic) bond motifs is 1. The Balaban J connectivity index is 1.99. The summed E-state index contributed by atoms with van der Waals surface area (Å²) in [5, 5.41) is 25.2. The minimum Gasteiger partial charge on any atom is -0.508 e. The Morgan fingerprint density at radius 2 is 2.04 bits per heavy atom. The molecule has 3 rings (SSSR count). The molecule has 3 aromatic rings. The first-order chi connectivity index (χ1) is 10.9. The highest BCUT2D eigenvalue weighted by Crippen LogP contribution is 2.28. The Labute approximate surface area is 130 Å². The Bertz CT molecular complexity index is 983. The van der Waals surface area contributed by atoms with E-state index in [4.69, 9.17) is 5.26 Å². The predicted molar refractivity (Wildman–Crippen MR) is 80.8 cm³/mol. The number of phenolic OH excluding ortho intramolecular Hbond substituents is 1. The van der Waals surface area contributed by atoms with Gasteiger partial charge < -0.3 is 5.11 Å². The van der Waals surface area contributed by atoms with Crippen molar-refractivity contribution >= 4 is 26.7 Å². The van der Waals surface area contributed by atoms with Crippen LogP contribution in [0.1, 0.15) is 5.56 Å². The normalized spacial score (nSPS) is 11.6. The molecule has 0 saturated carbocycles. The van der Waals surface area contributed by atoms with Gasteiger partial charge in [-0.2, -0.15) is 10.2 Å². The zero-order chi connectivity index (χ0) is 16.6. The van der Waals surface area contributed by atoms with Gasteiger partial charge in [0.05, 0.1) is 4.90 Å². The van der Waals surface area contributed by atoms with Crippen LogP contribution in [-0.2, 0) is 10.0 Å². The number of aromatic hydroxyl groups is 1. The van der Waals surface area contributed by atoms with E-state index in [-0.39, 0.29) is 16.6 Å². The van der Waals surface area contributed by atoms with E-state index >= 15 is 0 Å². The first-order valence-corrected chi connectivity index (χ1v) is 7.88. The lowest BCUT2D eigenvalue weighted by atomic mass is 10.1. The van der Waals surface area contributed by atoms with Gasteiger partial charge in [0.15, 0.2) is 0 Å². The standard InChI is InChI=1S/C13H12N4O5S/c1-7-10-4-3-9(6-8(10)2-5-11(7)18)23(20,21)17-12-14-13(22-19)16-15-12/h2-6,18-19H,1H3,(H2,14,15,16,17). The lowest BCUT2D eigenvalue weighted by molar-refractivity contribution is -0.145. The zero-order valence-electron chi connectivity index (χ0n) is 11.8. The summed E-state index contributed by atoms with van der Waals surface area (Å²) in [7, 11) is -3.91. The molecule has 0 radical (unpaired) electrons. The van der Waals surface area contributed by atoms with Gasteiger partial charge in [-0.1, -0.05) is 12.1 Å². The number of H-pyrrole nitrogens is 1. The molecule has 1 aromatic heterocycles. The largest absolute Gasteiger partial charge is 0.508 e. The third kappa shape index (κ3) is 2.76. The van der Waals surface area contributed by atoms with Crippen LogP contribution in [0.3, 0.4) is 0 Å². The summed E-state index contributed by atoms with van der Waals surface area (Å²) >= 11 is 0.